The van der Waals surface area contributed by atoms with Gasteiger partial charge in [0.15, 0.2) is 6.61 Å². The predicted octanol–water partition coefficient (Wildman–Crippen LogP) is 6.38. The second kappa shape index (κ2) is 11.8. The van der Waals surface area contributed by atoms with Crippen LogP contribution in [-0.2, 0) is 4.79 Å². The number of aliphatic carboxylic acids is 1. The first kappa shape index (κ1) is 23.2. The van der Waals surface area contributed by atoms with E-state index in [2.05, 4.69) is 52.9 Å². The van der Waals surface area contributed by atoms with Crippen molar-refractivity contribution in [1.82, 2.24) is 0 Å². The van der Waals surface area contributed by atoms with E-state index in [1.54, 1.807) is 11.8 Å². The molecule has 6 heteroatoms. The normalized spacial score (nSPS) is 11.2. The SMILES string of the molecule is CCOc1ccc(/C(=C\CSc2ccc(OCC(=O)O)c(I)c2)c2ccccc2)cc1. The lowest BCUT2D eigenvalue weighted by atomic mass is 9.98. The number of thioether (sulfide) groups is 1. The first-order chi connectivity index (χ1) is 15.1. The van der Waals surface area contributed by atoms with Gasteiger partial charge in [-0.1, -0.05) is 48.5 Å². The van der Waals surface area contributed by atoms with Crippen LogP contribution in [0.15, 0.2) is 83.8 Å². The van der Waals surface area contributed by atoms with E-state index >= 15 is 0 Å². The van der Waals surface area contributed by atoms with Crippen molar-refractivity contribution in [3.63, 3.8) is 0 Å². The number of carbonyl (C=O) groups is 1. The Morgan fingerprint density at radius 1 is 1.00 bits per heavy atom. The lowest BCUT2D eigenvalue weighted by Gasteiger charge is -2.11. The van der Waals surface area contributed by atoms with Gasteiger partial charge in [0, 0.05) is 10.6 Å². The molecule has 0 radical (unpaired) electrons. The van der Waals surface area contributed by atoms with Gasteiger partial charge in [0.2, 0.25) is 0 Å². The van der Waals surface area contributed by atoms with E-state index in [1.165, 1.54) is 11.1 Å². The Balaban J connectivity index is 1.75. The Morgan fingerprint density at radius 3 is 2.35 bits per heavy atom. The van der Waals surface area contributed by atoms with E-state index in [4.69, 9.17) is 14.6 Å². The molecule has 3 aromatic carbocycles. The van der Waals surface area contributed by atoms with Crippen LogP contribution in [0.25, 0.3) is 5.57 Å². The lowest BCUT2D eigenvalue weighted by molar-refractivity contribution is -0.139. The monoisotopic (exact) mass is 546 g/mol. The number of benzene rings is 3. The number of rotatable bonds is 10. The van der Waals surface area contributed by atoms with Gasteiger partial charge in [-0.05, 0) is 76.5 Å². The molecule has 0 aliphatic carbocycles. The molecule has 1 N–H and O–H groups in total. The molecule has 0 amide bonds. The van der Waals surface area contributed by atoms with Crippen molar-refractivity contribution in [2.45, 2.75) is 11.8 Å². The van der Waals surface area contributed by atoms with Crippen molar-refractivity contribution in [2.24, 2.45) is 0 Å². The maximum absolute atomic E-state index is 10.7. The number of hydrogen-bond donors (Lipinski definition) is 1. The third kappa shape index (κ3) is 7.04. The van der Waals surface area contributed by atoms with Gasteiger partial charge in [0.25, 0.3) is 0 Å². The fraction of sp³-hybridized carbons (Fsp3) is 0.160. The van der Waals surface area contributed by atoms with Crippen molar-refractivity contribution >= 4 is 45.9 Å². The highest BCUT2D eigenvalue weighted by molar-refractivity contribution is 14.1. The summed E-state index contributed by atoms with van der Waals surface area (Å²) in [5, 5.41) is 8.77. The van der Waals surface area contributed by atoms with E-state index in [1.807, 2.05) is 55.5 Å². The van der Waals surface area contributed by atoms with E-state index in [0.717, 1.165) is 25.5 Å². The Labute approximate surface area is 200 Å². The minimum Gasteiger partial charge on any atom is -0.494 e. The summed E-state index contributed by atoms with van der Waals surface area (Å²) in [5.74, 6) is 1.26. The van der Waals surface area contributed by atoms with Gasteiger partial charge in [0.1, 0.15) is 11.5 Å². The first-order valence-electron chi connectivity index (χ1n) is 9.82. The number of hydrogen-bond acceptors (Lipinski definition) is 4. The van der Waals surface area contributed by atoms with Crippen molar-refractivity contribution in [2.75, 3.05) is 19.0 Å². The summed E-state index contributed by atoms with van der Waals surface area (Å²) in [6.07, 6.45) is 2.23. The molecule has 0 atom stereocenters. The van der Waals surface area contributed by atoms with Crippen LogP contribution in [0.4, 0.5) is 0 Å². The van der Waals surface area contributed by atoms with Crippen LogP contribution in [0.3, 0.4) is 0 Å². The van der Waals surface area contributed by atoms with E-state index in [9.17, 15) is 4.79 Å². The molecule has 0 saturated heterocycles. The third-order valence-electron chi connectivity index (χ3n) is 4.35. The van der Waals surface area contributed by atoms with E-state index in [0.29, 0.717) is 12.4 Å². The van der Waals surface area contributed by atoms with Crippen LogP contribution in [0.2, 0.25) is 0 Å². The van der Waals surface area contributed by atoms with Crippen molar-refractivity contribution in [3.8, 4) is 11.5 Å². The molecular formula is C25H23IO4S. The number of carboxylic acid groups (broad SMARTS) is 1. The van der Waals surface area contributed by atoms with Gasteiger partial charge in [0.05, 0.1) is 10.2 Å². The fourth-order valence-corrected chi connectivity index (χ4v) is 4.66. The summed E-state index contributed by atoms with van der Waals surface area (Å²) in [5.41, 5.74) is 3.48. The minimum atomic E-state index is -0.984. The molecule has 0 aromatic heterocycles. The molecule has 0 aliphatic heterocycles. The third-order valence-corrected chi connectivity index (χ3v) is 6.12. The summed E-state index contributed by atoms with van der Waals surface area (Å²) in [6.45, 7) is 2.29. The largest absolute Gasteiger partial charge is 0.494 e. The molecule has 0 unspecified atom stereocenters. The highest BCUT2D eigenvalue weighted by Gasteiger charge is 2.08. The van der Waals surface area contributed by atoms with Crippen LogP contribution < -0.4 is 9.47 Å². The van der Waals surface area contributed by atoms with E-state index in [-0.39, 0.29) is 6.61 Å². The number of ether oxygens (including phenoxy) is 2. The smallest absolute Gasteiger partial charge is 0.341 e. The van der Waals surface area contributed by atoms with Gasteiger partial charge >= 0.3 is 5.97 Å². The molecule has 0 bridgehead atoms. The average molecular weight is 546 g/mol. The maximum atomic E-state index is 10.7. The van der Waals surface area contributed by atoms with Crippen LogP contribution in [-0.4, -0.2) is 30.0 Å². The highest BCUT2D eigenvalue weighted by Crippen LogP contribution is 2.30. The molecule has 0 fully saturated rings. The number of halogens is 1. The van der Waals surface area contributed by atoms with Crippen molar-refractivity contribution in [3.05, 3.63) is 93.6 Å². The topological polar surface area (TPSA) is 55.8 Å². The lowest BCUT2D eigenvalue weighted by Crippen LogP contribution is -2.10. The quantitative estimate of drug-likeness (QED) is 0.236. The maximum Gasteiger partial charge on any atom is 0.341 e. The van der Waals surface area contributed by atoms with Gasteiger partial charge in [-0.2, -0.15) is 0 Å². The van der Waals surface area contributed by atoms with Crippen LogP contribution >= 0.6 is 34.4 Å². The Hall–Kier alpha value is -2.45. The zero-order valence-corrected chi connectivity index (χ0v) is 20.1. The highest BCUT2D eigenvalue weighted by atomic mass is 127. The molecule has 3 rings (SSSR count). The summed E-state index contributed by atoms with van der Waals surface area (Å²) in [4.78, 5) is 11.8. The van der Waals surface area contributed by atoms with Crippen LogP contribution in [0.5, 0.6) is 11.5 Å². The Morgan fingerprint density at radius 2 is 1.71 bits per heavy atom. The molecule has 0 saturated carbocycles. The summed E-state index contributed by atoms with van der Waals surface area (Å²) in [6, 6.07) is 24.3. The van der Waals surface area contributed by atoms with Crippen molar-refractivity contribution in [1.29, 1.82) is 0 Å². The second-order valence-corrected chi connectivity index (χ2v) is 8.78. The fourth-order valence-electron chi connectivity index (χ4n) is 2.97. The molecule has 0 spiro atoms. The summed E-state index contributed by atoms with van der Waals surface area (Å²) < 4.78 is 11.8. The predicted molar refractivity (Wildman–Crippen MR) is 134 cm³/mol. The summed E-state index contributed by atoms with van der Waals surface area (Å²) >= 11 is 3.89. The van der Waals surface area contributed by atoms with Crippen LogP contribution in [0, 0.1) is 3.57 Å². The number of carboxylic acids is 1. The average Bonchev–Trinajstić information content (AvgIpc) is 2.77. The Kier molecular flexibility index (Phi) is 8.85. The van der Waals surface area contributed by atoms with E-state index < -0.39 is 5.97 Å². The molecule has 0 heterocycles. The molecule has 4 nitrogen and oxygen atoms in total. The molecule has 31 heavy (non-hydrogen) atoms. The minimum absolute atomic E-state index is 0.340. The molecule has 3 aromatic rings. The first-order valence-corrected chi connectivity index (χ1v) is 11.9. The Bertz CT molecular complexity index is 1030. The summed E-state index contributed by atoms with van der Waals surface area (Å²) in [7, 11) is 0. The zero-order valence-electron chi connectivity index (χ0n) is 17.1. The van der Waals surface area contributed by atoms with Crippen LogP contribution in [0.1, 0.15) is 18.1 Å². The van der Waals surface area contributed by atoms with Gasteiger partial charge in [-0.25, -0.2) is 4.79 Å². The zero-order chi connectivity index (χ0) is 22.1. The molecule has 160 valence electrons. The molecule has 0 aliphatic rings. The standard InChI is InChI=1S/C25H23IO4S/c1-2-29-20-10-8-19(9-11-20)22(18-6-4-3-5-7-18)14-15-31-21-12-13-24(23(26)16-21)30-17-25(27)28/h3-14,16H,2,15,17H2,1H3,(H,27,28)/b22-14-. The second-order valence-electron chi connectivity index (χ2n) is 6.53. The molecular weight excluding hydrogens is 523 g/mol. The van der Waals surface area contributed by atoms with Gasteiger partial charge < -0.3 is 14.6 Å². The van der Waals surface area contributed by atoms with Gasteiger partial charge in [-0.3, -0.25) is 0 Å². The van der Waals surface area contributed by atoms with Crippen molar-refractivity contribution < 1.29 is 19.4 Å². The van der Waals surface area contributed by atoms with Gasteiger partial charge in [-0.15, -0.1) is 11.8 Å².